The first-order valence-electron chi connectivity index (χ1n) is 8.77. The van der Waals surface area contributed by atoms with Gasteiger partial charge in [0.05, 0.1) is 0 Å². The van der Waals surface area contributed by atoms with E-state index in [9.17, 15) is 75.0 Å². The van der Waals surface area contributed by atoms with Gasteiger partial charge in [-0.3, -0.25) is 4.79 Å². The van der Waals surface area contributed by atoms with E-state index >= 15 is 0 Å². The van der Waals surface area contributed by atoms with Crippen LogP contribution < -0.4 is 4.90 Å². The zero-order chi connectivity index (χ0) is 27.6. The number of hydrogen-bond acceptors (Lipinski definition) is 1. The smallest absolute Gasteiger partial charge is 0.306 e. The van der Waals surface area contributed by atoms with Crippen molar-refractivity contribution in [3.05, 3.63) is 29.8 Å². The molecule has 0 atom stereocenters. The SMILES string of the molecule is O=C(N1CCc2ccccc21)C(F)(F)C(F)(F)C(F)(F)C(F)(F)C(F)(F)C(F)(F)C(F)(F)C(F)F. The van der Waals surface area contributed by atoms with Crippen LogP contribution in [0.5, 0.6) is 0 Å². The summed E-state index contributed by atoms with van der Waals surface area (Å²) < 4.78 is 214. The number of anilines is 1. The van der Waals surface area contributed by atoms with E-state index in [4.69, 9.17) is 0 Å². The molecule has 200 valence electrons. The Morgan fingerprint density at radius 1 is 0.686 bits per heavy atom. The molecule has 0 bridgehead atoms. The van der Waals surface area contributed by atoms with Crippen LogP contribution in [0.3, 0.4) is 0 Å². The molecule has 0 saturated heterocycles. The van der Waals surface area contributed by atoms with Crippen LogP contribution >= 0.6 is 0 Å². The molecule has 2 rings (SSSR count). The molecule has 18 heteroatoms. The zero-order valence-electron chi connectivity index (χ0n) is 16.2. The average Bonchev–Trinajstić information content (AvgIpc) is 3.16. The molecule has 1 aliphatic rings. The molecule has 1 aromatic rings. The third kappa shape index (κ3) is 3.60. The first-order chi connectivity index (χ1) is 15.4. The molecule has 0 aliphatic carbocycles. The maximum atomic E-state index is 14.2. The van der Waals surface area contributed by atoms with Gasteiger partial charge in [-0.15, -0.1) is 0 Å². The number of carbonyl (C=O) groups is 1. The third-order valence-electron chi connectivity index (χ3n) is 5.07. The maximum absolute atomic E-state index is 14.2. The highest BCUT2D eigenvalue weighted by Gasteiger charge is 2.94. The molecular formula is C17H9F16NO. The second-order valence-corrected chi connectivity index (χ2v) is 7.21. The second kappa shape index (κ2) is 8.04. The van der Waals surface area contributed by atoms with E-state index in [1.165, 1.54) is 6.07 Å². The molecule has 0 N–H and O–H groups in total. The summed E-state index contributed by atoms with van der Waals surface area (Å²) in [6, 6.07) is 4.26. The Bertz CT molecular complexity index is 973. The molecule has 35 heavy (non-hydrogen) atoms. The number of amides is 1. The van der Waals surface area contributed by atoms with Gasteiger partial charge >= 0.3 is 53.8 Å². The van der Waals surface area contributed by atoms with E-state index in [0.29, 0.717) is 0 Å². The Labute approximate surface area is 183 Å². The van der Waals surface area contributed by atoms with Crippen molar-refractivity contribution in [2.24, 2.45) is 0 Å². The predicted molar refractivity (Wildman–Crippen MR) is 83.1 cm³/mol. The second-order valence-electron chi connectivity index (χ2n) is 7.21. The minimum Gasteiger partial charge on any atom is -0.306 e. The van der Waals surface area contributed by atoms with Crippen LogP contribution in [0.25, 0.3) is 0 Å². The van der Waals surface area contributed by atoms with Crippen LogP contribution in [-0.4, -0.2) is 60.3 Å². The van der Waals surface area contributed by atoms with Gasteiger partial charge in [0.25, 0.3) is 0 Å². The molecule has 1 heterocycles. The van der Waals surface area contributed by atoms with Gasteiger partial charge in [-0.25, -0.2) is 8.78 Å². The molecule has 0 radical (unpaired) electrons. The Morgan fingerprint density at radius 3 is 1.60 bits per heavy atom. The topological polar surface area (TPSA) is 20.3 Å². The fourth-order valence-corrected chi connectivity index (χ4v) is 2.99. The molecule has 1 aromatic carbocycles. The molecular weight excluding hydrogens is 538 g/mol. The lowest BCUT2D eigenvalue weighted by Crippen LogP contribution is -2.74. The van der Waals surface area contributed by atoms with Crippen LogP contribution in [-0.2, 0) is 11.2 Å². The largest absolute Gasteiger partial charge is 0.393 e. The van der Waals surface area contributed by atoms with Crippen molar-refractivity contribution in [3.63, 3.8) is 0 Å². The summed E-state index contributed by atoms with van der Waals surface area (Å²) in [5.74, 6) is -59.3. The Morgan fingerprint density at radius 2 is 1.11 bits per heavy atom. The van der Waals surface area contributed by atoms with E-state index in [2.05, 4.69) is 0 Å². The van der Waals surface area contributed by atoms with Gasteiger partial charge in [0.2, 0.25) is 0 Å². The minimum absolute atomic E-state index is 0.00235. The standard InChI is InChI=1S/C17H9F16NO/c18-9(19)11(20,21)13(24,25)15(28,29)17(32,33)16(30,31)14(26,27)12(22,23)10(35)34-6-5-7-3-1-2-4-8(7)34/h1-4,9H,5-6H2. The number of alkyl halides is 16. The summed E-state index contributed by atoms with van der Waals surface area (Å²) in [6.07, 6.45) is -6.25. The van der Waals surface area contributed by atoms with Crippen molar-refractivity contribution in [2.45, 2.75) is 54.3 Å². The van der Waals surface area contributed by atoms with Gasteiger partial charge in [-0.2, -0.15) is 61.5 Å². The minimum atomic E-state index is -8.53. The van der Waals surface area contributed by atoms with E-state index in [1.54, 1.807) is 0 Å². The van der Waals surface area contributed by atoms with Crippen LogP contribution in [0.4, 0.5) is 75.9 Å². The number of halogens is 16. The van der Waals surface area contributed by atoms with Crippen molar-refractivity contribution in [1.82, 2.24) is 0 Å². The molecule has 1 aliphatic heterocycles. The molecule has 1 amide bonds. The Balaban J connectivity index is 2.57. The van der Waals surface area contributed by atoms with Gasteiger partial charge in [-0.05, 0) is 18.1 Å². The highest BCUT2D eigenvalue weighted by molar-refractivity contribution is 6.00. The lowest BCUT2D eigenvalue weighted by atomic mass is 9.89. The monoisotopic (exact) mass is 547 g/mol. The molecule has 0 unspecified atom stereocenters. The fourth-order valence-electron chi connectivity index (χ4n) is 2.99. The van der Waals surface area contributed by atoms with Crippen molar-refractivity contribution < 1.29 is 75.0 Å². The fraction of sp³-hybridized carbons (Fsp3) is 0.588. The van der Waals surface area contributed by atoms with E-state index < -0.39 is 66.0 Å². The number of nitrogens with zero attached hydrogens (tertiary/aromatic N) is 1. The van der Waals surface area contributed by atoms with Gasteiger partial charge in [0.15, 0.2) is 0 Å². The third-order valence-corrected chi connectivity index (χ3v) is 5.07. The Kier molecular flexibility index (Phi) is 6.62. The van der Waals surface area contributed by atoms with E-state index in [-0.39, 0.29) is 16.9 Å². The lowest BCUT2D eigenvalue weighted by molar-refractivity contribution is -0.443. The number of fused-ring (bicyclic) bond motifs is 1. The molecule has 0 spiro atoms. The van der Waals surface area contributed by atoms with Gasteiger partial charge in [-0.1, -0.05) is 18.2 Å². The van der Waals surface area contributed by atoms with Crippen molar-refractivity contribution in [2.75, 3.05) is 11.4 Å². The summed E-state index contributed by atoms with van der Waals surface area (Å²) in [4.78, 5) is 11.6. The van der Waals surface area contributed by atoms with Crippen molar-refractivity contribution in [1.29, 1.82) is 0 Å². The van der Waals surface area contributed by atoms with Crippen LogP contribution in [0, 0.1) is 0 Å². The van der Waals surface area contributed by atoms with Crippen molar-refractivity contribution >= 4 is 11.6 Å². The molecule has 2 nitrogen and oxygen atoms in total. The summed E-state index contributed by atoms with van der Waals surface area (Å²) in [6.45, 7) is -0.916. The number of hydrogen-bond donors (Lipinski definition) is 0. The highest BCUT2D eigenvalue weighted by Crippen LogP contribution is 2.63. The van der Waals surface area contributed by atoms with Gasteiger partial charge in [0, 0.05) is 12.2 Å². The number of benzene rings is 1. The first kappa shape index (κ1) is 28.8. The van der Waals surface area contributed by atoms with Gasteiger partial charge < -0.3 is 4.90 Å². The molecule has 0 aromatic heterocycles. The van der Waals surface area contributed by atoms with Crippen LogP contribution in [0.15, 0.2) is 24.3 Å². The van der Waals surface area contributed by atoms with E-state index in [1.807, 2.05) is 0 Å². The average molecular weight is 547 g/mol. The summed E-state index contributed by atoms with van der Waals surface area (Å²) in [7, 11) is 0. The predicted octanol–water partition coefficient (Wildman–Crippen LogP) is 6.29. The first-order valence-corrected chi connectivity index (χ1v) is 8.77. The summed E-state index contributed by atoms with van der Waals surface area (Å²) in [5, 5.41) is 0. The summed E-state index contributed by atoms with van der Waals surface area (Å²) in [5.41, 5.74) is -0.603. The molecule has 0 fully saturated rings. The number of rotatable bonds is 8. The van der Waals surface area contributed by atoms with Crippen molar-refractivity contribution in [3.8, 4) is 0 Å². The quantitative estimate of drug-likeness (QED) is 0.351. The Hall–Kier alpha value is -2.43. The molecule has 0 saturated carbocycles. The van der Waals surface area contributed by atoms with E-state index in [0.717, 1.165) is 18.2 Å². The highest BCUT2D eigenvalue weighted by atomic mass is 19.4. The number of para-hydroxylation sites is 1. The van der Waals surface area contributed by atoms with Crippen LogP contribution in [0.1, 0.15) is 5.56 Å². The van der Waals surface area contributed by atoms with Gasteiger partial charge in [0.1, 0.15) is 0 Å². The number of carbonyl (C=O) groups excluding carboxylic acids is 1. The lowest BCUT2D eigenvalue weighted by Gasteiger charge is -2.42. The van der Waals surface area contributed by atoms with Crippen LogP contribution in [0.2, 0.25) is 0 Å². The summed E-state index contributed by atoms with van der Waals surface area (Å²) >= 11 is 0. The maximum Gasteiger partial charge on any atom is 0.393 e. The normalized spacial score (nSPS) is 16.7. The zero-order valence-corrected chi connectivity index (χ0v) is 16.2.